The molecule has 1 N–H and O–H groups in total. The molecule has 2 nitrogen and oxygen atoms in total. The molecule has 0 spiro atoms. The molecule has 0 aliphatic heterocycles. The van der Waals surface area contributed by atoms with Crippen LogP contribution in [0.15, 0.2) is 18.2 Å². The summed E-state index contributed by atoms with van der Waals surface area (Å²) >= 11 is 8.99. The molecule has 1 amide bonds. The SMILES string of the molecule is O=C(NCC1(CCBr)CC1)c1ccc(Cl)c(F)c1. The lowest BCUT2D eigenvalue weighted by molar-refractivity contribution is 0.0944. The van der Waals surface area contributed by atoms with Gasteiger partial charge in [0.15, 0.2) is 0 Å². The molecule has 98 valence electrons. The maximum atomic E-state index is 13.2. The first-order valence-electron chi connectivity index (χ1n) is 5.86. The summed E-state index contributed by atoms with van der Waals surface area (Å²) in [6.45, 7) is 0.654. The molecule has 0 saturated heterocycles. The van der Waals surface area contributed by atoms with Crippen molar-refractivity contribution in [2.75, 3.05) is 11.9 Å². The van der Waals surface area contributed by atoms with E-state index in [1.807, 2.05) is 0 Å². The molecular weight excluding hydrogens is 321 g/mol. The minimum atomic E-state index is -0.564. The zero-order valence-electron chi connectivity index (χ0n) is 9.81. The lowest BCUT2D eigenvalue weighted by atomic mass is 10.0. The summed E-state index contributed by atoms with van der Waals surface area (Å²) in [6.07, 6.45) is 3.35. The highest BCUT2D eigenvalue weighted by Crippen LogP contribution is 2.48. The number of halogens is 3. The molecule has 0 heterocycles. The van der Waals surface area contributed by atoms with E-state index >= 15 is 0 Å². The first-order valence-corrected chi connectivity index (χ1v) is 7.35. The third-order valence-corrected chi connectivity index (χ3v) is 4.09. The molecule has 0 atom stereocenters. The van der Waals surface area contributed by atoms with Gasteiger partial charge in [-0.05, 0) is 42.9 Å². The van der Waals surface area contributed by atoms with Crippen LogP contribution in [0.25, 0.3) is 0 Å². The van der Waals surface area contributed by atoms with E-state index in [0.29, 0.717) is 12.1 Å². The van der Waals surface area contributed by atoms with Crippen molar-refractivity contribution in [3.8, 4) is 0 Å². The zero-order valence-corrected chi connectivity index (χ0v) is 12.2. The average molecular weight is 335 g/mol. The van der Waals surface area contributed by atoms with Gasteiger partial charge < -0.3 is 5.32 Å². The van der Waals surface area contributed by atoms with Crippen LogP contribution in [-0.2, 0) is 0 Å². The molecule has 18 heavy (non-hydrogen) atoms. The Morgan fingerprint density at radius 1 is 1.50 bits per heavy atom. The van der Waals surface area contributed by atoms with Crippen molar-refractivity contribution in [3.63, 3.8) is 0 Å². The van der Waals surface area contributed by atoms with Crippen molar-refractivity contribution in [2.45, 2.75) is 19.3 Å². The average Bonchev–Trinajstić information content (AvgIpc) is 3.11. The van der Waals surface area contributed by atoms with Crippen molar-refractivity contribution in [1.82, 2.24) is 5.32 Å². The summed E-state index contributed by atoms with van der Waals surface area (Å²) in [5, 5.41) is 3.84. The van der Waals surface area contributed by atoms with E-state index in [4.69, 9.17) is 11.6 Å². The first-order chi connectivity index (χ1) is 8.56. The minimum Gasteiger partial charge on any atom is -0.351 e. The fourth-order valence-corrected chi connectivity index (χ4v) is 2.86. The van der Waals surface area contributed by atoms with Crippen LogP contribution in [0.2, 0.25) is 5.02 Å². The number of nitrogens with one attached hydrogen (secondary N) is 1. The molecule has 1 aliphatic carbocycles. The molecule has 0 aromatic heterocycles. The topological polar surface area (TPSA) is 29.1 Å². The number of amides is 1. The summed E-state index contributed by atoms with van der Waals surface area (Å²) in [7, 11) is 0. The fraction of sp³-hybridized carbons (Fsp3) is 0.462. The third kappa shape index (κ3) is 3.23. The Bertz CT molecular complexity index is 462. The van der Waals surface area contributed by atoms with E-state index in [-0.39, 0.29) is 16.3 Å². The van der Waals surface area contributed by atoms with Crippen LogP contribution in [-0.4, -0.2) is 17.8 Å². The normalized spacial score (nSPS) is 16.4. The van der Waals surface area contributed by atoms with Crippen molar-refractivity contribution in [2.24, 2.45) is 5.41 Å². The molecular formula is C13H14BrClFNO. The Morgan fingerprint density at radius 3 is 2.78 bits per heavy atom. The van der Waals surface area contributed by atoms with Gasteiger partial charge >= 0.3 is 0 Å². The quantitative estimate of drug-likeness (QED) is 0.816. The Kier molecular flexibility index (Phi) is 4.28. The highest BCUT2D eigenvalue weighted by Gasteiger charge is 2.41. The van der Waals surface area contributed by atoms with Gasteiger partial charge in [-0.3, -0.25) is 4.79 Å². The second-order valence-corrected chi connectivity index (χ2v) is 5.95. The minimum absolute atomic E-state index is 0.0319. The Balaban J connectivity index is 1.93. The lowest BCUT2D eigenvalue weighted by Crippen LogP contribution is -2.30. The second kappa shape index (κ2) is 5.57. The number of carbonyl (C=O) groups excluding carboxylic acids is 1. The van der Waals surface area contributed by atoms with E-state index in [0.717, 1.165) is 24.6 Å². The molecule has 0 bridgehead atoms. The molecule has 0 unspecified atom stereocenters. The molecule has 1 aromatic carbocycles. The van der Waals surface area contributed by atoms with E-state index in [1.165, 1.54) is 18.2 Å². The van der Waals surface area contributed by atoms with Crippen LogP contribution < -0.4 is 5.32 Å². The van der Waals surface area contributed by atoms with Gasteiger partial charge in [0.05, 0.1) is 5.02 Å². The first kappa shape index (κ1) is 13.8. The molecule has 5 heteroatoms. The number of carbonyl (C=O) groups is 1. The number of rotatable bonds is 5. The van der Waals surface area contributed by atoms with Gasteiger partial charge in [0.2, 0.25) is 0 Å². The number of hydrogen-bond acceptors (Lipinski definition) is 1. The number of alkyl halides is 1. The Labute approximate surface area is 119 Å². The monoisotopic (exact) mass is 333 g/mol. The van der Waals surface area contributed by atoms with E-state index in [2.05, 4.69) is 21.2 Å². The molecule has 0 radical (unpaired) electrons. The summed E-state index contributed by atoms with van der Waals surface area (Å²) in [4.78, 5) is 11.9. The highest BCUT2D eigenvalue weighted by atomic mass is 79.9. The molecule has 1 fully saturated rings. The summed E-state index contributed by atoms with van der Waals surface area (Å²) in [5.74, 6) is -0.808. The highest BCUT2D eigenvalue weighted by molar-refractivity contribution is 9.09. The third-order valence-electron chi connectivity index (χ3n) is 3.39. The van der Waals surface area contributed by atoms with Gasteiger partial charge in [-0.1, -0.05) is 27.5 Å². The smallest absolute Gasteiger partial charge is 0.251 e. The molecule has 2 rings (SSSR count). The number of hydrogen-bond donors (Lipinski definition) is 1. The van der Waals surface area contributed by atoms with Gasteiger partial charge in [0.25, 0.3) is 5.91 Å². The van der Waals surface area contributed by atoms with Crippen molar-refractivity contribution in [1.29, 1.82) is 0 Å². The predicted octanol–water partition coefficient (Wildman–Crippen LogP) is 3.77. The van der Waals surface area contributed by atoms with Crippen LogP contribution in [0.3, 0.4) is 0 Å². The van der Waals surface area contributed by atoms with Crippen LogP contribution in [0.1, 0.15) is 29.6 Å². The summed E-state index contributed by atoms with van der Waals surface area (Å²) in [5.41, 5.74) is 0.566. The molecule has 1 aromatic rings. The zero-order chi connectivity index (χ0) is 13.2. The van der Waals surface area contributed by atoms with Crippen LogP contribution in [0.5, 0.6) is 0 Å². The van der Waals surface area contributed by atoms with Gasteiger partial charge in [-0.15, -0.1) is 0 Å². The van der Waals surface area contributed by atoms with Gasteiger partial charge in [-0.2, -0.15) is 0 Å². The maximum absolute atomic E-state index is 13.2. The second-order valence-electron chi connectivity index (χ2n) is 4.75. The lowest BCUT2D eigenvalue weighted by Gasteiger charge is -2.14. The van der Waals surface area contributed by atoms with Crippen molar-refractivity contribution < 1.29 is 9.18 Å². The van der Waals surface area contributed by atoms with Crippen molar-refractivity contribution >= 4 is 33.4 Å². The van der Waals surface area contributed by atoms with Crippen LogP contribution >= 0.6 is 27.5 Å². The largest absolute Gasteiger partial charge is 0.351 e. The standard InChI is InChI=1S/C13H14BrClFNO/c14-6-5-13(3-4-13)8-17-12(18)9-1-2-10(15)11(16)7-9/h1-2,7H,3-6,8H2,(H,17,18). The Morgan fingerprint density at radius 2 is 2.22 bits per heavy atom. The maximum Gasteiger partial charge on any atom is 0.251 e. The summed E-state index contributed by atoms with van der Waals surface area (Å²) < 4.78 is 13.2. The van der Waals surface area contributed by atoms with Crippen LogP contribution in [0.4, 0.5) is 4.39 Å². The Hall–Kier alpha value is -0.610. The molecule has 1 saturated carbocycles. The van der Waals surface area contributed by atoms with Crippen LogP contribution in [0, 0.1) is 11.2 Å². The summed E-state index contributed by atoms with van der Waals surface area (Å²) in [6, 6.07) is 4.10. The van der Waals surface area contributed by atoms with Crippen molar-refractivity contribution in [3.05, 3.63) is 34.6 Å². The van der Waals surface area contributed by atoms with Gasteiger partial charge in [0.1, 0.15) is 5.82 Å². The van der Waals surface area contributed by atoms with E-state index < -0.39 is 5.82 Å². The van der Waals surface area contributed by atoms with E-state index in [1.54, 1.807) is 0 Å². The van der Waals surface area contributed by atoms with Gasteiger partial charge in [0, 0.05) is 17.4 Å². The fourth-order valence-electron chi connectivity index (χ4n) is 1.90. The van der Waals surface area contributed by atoms with Gasteiger partial charge in [-0.25, -0.2) is 4.39 Å². The molecule has 1 aliphatic rings. The number of benzene rings is 1. The van der Waals surface area contributed by atoms with E-state index in [9.17, 15) is 9.18 Å². The predicted molar refractivity (Wildman–Crippen MR) is 73.8 cm³/mol.